The molecular formula is C16H21NO3. The lowest BCUT2D eigenvalue weighted by Gasteiger charge is -2.02. The molecule has 0 aliphatic carbocycles. The van der Waals surface area contributed by atoms with Crippen molar-refractivity contribution in [2.75, 3.05) is 13.3 Å². The van der Waals surface area contributed by atoms with Gasteiger partial charge >= 0.3 is 0 Å². The molecule has 1 aliphatic rings. The van der Waals surface area contributed by atoms with Crippen LogP contribution in [0, 0.1) is 0 Å². The van der Waals surface area contributed by atoms with Gasteiger partial charge in [-0.1, -0.05) is 31.6 Å². The number of allylic oxidation sites excluding steroid dienone is 1. The predicted octanol–water partition coefficient (Wildman–Crippen LogP) is 3.13. The molecule has 1 amide bonds. The van der Waals surface area contributed by atoms with Gasteiger partial charge in [0.1, 0.15) is 0 Å². The summed E-state index contributed by atoms with van der Waals surface area (Å²) in [5.41, 5.74) is 1.06. The lowest BCUT2D eigenvalue weighted by atomic mass is 10.1. The maximum atomic E-state index is 11.5. The highest BCUT2D eigenvalue weighted by Gasteiger charge is 2.11. The van der Waals surface area contributed by atoms with Crippen LogP contribution in [0.3, 0.4) is 0 Å². The van der Waals surface area contributed by atoms with E-state index >= 15 is 0 Å². The second kappa shape index (κ2) is 7.58. The van der Waals surface area contributed by atoms with E-state index in [9.17, 15) is 4.79 Å². The van der Waals surface area contributed by atoms with E-state index < -0.39 is 0 Å². The number of hydrogen-bond acceptors (Lipinski definition) is 3. The van der Waals surface area contributed by atoms with Crippen LogP contribution in [0.1, 0.15) is 38.2 Å². The SMILES string of the molecule is CCCCNC(=O)CC/C=C/c1ccc2c(c1)OCO2. The van der Waals surface area contributed by atoms with Gasteiger partial charge in [0.15, 0.2) is 11.5 Å². The van der Waals surface area contributed by atoms with E-state index in [2.05, 4.69) is 12.2 Å². The molecule has 0 unspecified atom stereocenters. The number of benzene rings is 1. The Morgan fingerprint density at radius 2 is 2.20 bits per heavy atom. The summed E-state index contributed by atoms with van der Waals surface area (Å²) in [4.78, 5) is 11.5. The number of carbonyl (C=O) groups excluding carboxylic acids is 1. The average molecular weight is 275 g/mol. The lowest BCUT2D eigenvalue weighted by Crippen LogP contribution is -2.23. The number of ether oxygens (including phenoxy) is 2. The first-order valence-electron chi connectivity index (χ1n) is 7.12. The first kappa shape index (κ1) is 14.4. The molecule has 0 saturated heterocycles. The normalized spacial score (nSPS) is 12.8. The molecule has 1 heterocycles. The standard InChI is InChI=1S/C16H21NO3/c1-2-3-10-17-16(18)7-5-4-6-13-8-9-14-15(11-13)20-12-19-14/h4,6,8-9,11H,2-3,5,7,10,12H2,1H3,(H,17,18)/b6-4+. The molecule has 0 atom stereocenters. The quantitative estimate of drug-likeness (QED) is 0.778. The Labute approximate surface area is 119 Å². The van der Waals surface area contributed by atoms with Crippen molar-refractivity contribution in [1.82, 2.24) is 5.32 Å². The van der Waals surface area contributed by atoms with E-state index in [1.54, 1.807) is 0 Å². The van der Waals surface area contributed by atoms with Crippen LogP contribution in [0.5, 0.6) is 11.5 Å². The van der Waals surface area contributed by atoms with Crippen LogP contribution < -0.4 is 14.8 Å². The summed E-state index contributed by atoms with van der Waals surface area (Å²) in [5.74, 6) is 1.69. The second-order valence-corrected chi connectivity index (χ2v) is 4.76. The predicted molar refractivity (Wildman–Crippen MR) is 78.8 cm³/mol. The molecule has 0 fully saturated rings. The fourth-order valence-electron chi connectivity index (χ4n) is 1.94. The first-order chi connectivity index (χ1) is 9.79. The Morgan fingerprint density at radius 1 is 1.35 bits per heavy atom. The Morgan fingerprint density at radius 3 is 3.05 bits per heavy atom. The summed E-state index contributed by atoms with van der Waals surface area (Å²) in [7, 11) is 0. The van der Waals surface area contributed by atoms with Crippen LogP contribution in [0.15, 0.2) is 24.3 Å². The van der Waals surface area contributed by atoms with Crippen LogP contribution in [-0.2, 0) is 4.79 Å². The molecular weight excluding hydrogens is 254 g/mol. The van der Waals surface area contributed by atoms with Gasteiger partial charge in [-0.15, -0.1) is 0 Å². The fourth-order valence-corrected chi connectivity index (χ4v) is 1.94. The Balaban J connectivity index is 1.72. The van der Waals surface area contributed by atoms with Gasteiger partial charge in [-0.2, -0.15) is 0 Å². The van der Waals surface area contributed by atoms with Crippen LogP contribution in [0.2, 0.25) is 0 Å². The average Bonchev–Trinajstić information content (AvgIpc) is 2.91. The molecule has 0 aromatic heterocycles. The highest BCUT2D eigenvalue weighted by molar-refractivity contribution is 5.76. The largest absolute Gasteiger partial charge is 0.454 e. The van der Waals surface area contributed by atoms with Gasteiger partial charge in [0, 0.05) is 13.0 Å². The van der Waals surface area contributed by atoms with Crippen molar-refractivity contribution in [3.05, 3.63) is 29.8 Å². The zero-order chi connectivity index (χ0) is 14.2. The number of fused-ring (bicyclic) bond motifs is 1. The molecule has 0 saturated carbocycles. The van der Waals surface area contributed by atoms with E-state index in [0.29, 0.717) is 13.2 Å². The number of nitrogens with one attached hydrogen (secondary N) is 1. The topological polar surface area (TPSA) is 47.6 Å². The van der Waals surface area contributed by atoms with Crippen LogP contribution in [0.4, 0.5) is 0 Å². The minimum atomic E-state index is 0.119. The summed E-state index contributed by atoms with van der Waals surface area (Å²) in [6.07, 6.45) is 7.43. The summed E-state index contributed by atoms with van der Waals surface area (Å²) >= 11 is 0. The number of amides is 1. The maximum absolute atomic E-state index is 11.5. The minimum Gasteiger partial charge on any atom is -0.454 e. The number of rotatable bonds is 7. The molecule has 2 rings (SSSR count). The van der Waals surface area contributed by atoms with Gasteiger partial charge in [-0.25, -0.2) is 0 Å². The summed E-state index contributed by atoms with van der Waals surface area (Å²) in [6, 6.07) is 5.82. The molecule has 1 aromatic rings. The third-order valence-corrected chi connectivity index (χ3v) is 3.10. The van der Waals surface area contributed by atoms with Gasteiger partial charge in [-0.3, -0.25) is 4.79 Å². The highest BCUT2D eigenvalue weighted by Crippen LogP contribution is 2.32. The summed E-state index contributed by atoms with van der Waals surface area (Å²) < 4.78 is 10.6. The highest BCUT2D eigenvalue weighted by atomic mass is 16.7. The van der Waals surface area contributed by atoms with Crippen molar-refractivity contribution in [3.8, 4) is 11.5 Å². The van der Waals surface area contributed by atoms with Gasteiger partial charge in [0.05, 0.1) is 0 Å². The summed E-state index contributed by atoms with van der Waals surface area (Å²) in [6.45, 7) is 3.18. The molecule has 1 aliphatic heterocycles. The van der Waals surface area contributed by atoms with E-state index in [4.69, 9.17) is 9.47 Å². The molecule has 108 valence electrons. The van der Waals surface area contributed by atoms with Crippen molar-refractivity contribution in [2.24, 2.45) is 0 Å². The van der Waals surface area contributed by atoms with Gasteiger partial charge in [0.2, 0.25) is 12.7 Å². The van der Waals surface area contributed by atoms with E-state index in [1.165, 1.54) is 0 Å². The molecule has 0 bridgehead atoms. The Kier molecular flexibility index (Phi) is 5.47. The van der Waals surface area contributed by atoms with Crippen molar-refractivity contribution >= 4 is 12.0 Å². The van der Waals surface area contributed by atoms with E-state index in [0.717, 1.165) is 42.9 Å². The zero-order valence-electron chi connectivity index (χ0n) is 11.9. The molecule has 20 heavy (non-hydrogen) atoms. The zero-order valence-corrected chi connectivity index (χ0v) is 11.9. The van der Waals surface area contributed by atoms with Crippen molar-refractivity contribution in [2.45, 2.75) is 32.6 Å². The first-order valence-corrected chi connectivity index (χ1v) is 7.12. The fraction of sp³-hybridized carbons (Fsp3) is 0.438. The van der Waals surface area contributed by atoms with Crippen LogP contribution >= 0.6 is 0 Å². The smallest absolute Gasteiger partial charge is 0.231 e. The summed E-state index contributed by atoms with van der Waals surface area (Å²) in [5, 5.41) is 2.91. The van der Waals surface area contributed by atoms with E-state index in [1.807, 2.05) is 30.4 Å². The Bertz CT molecular complexity index is 483. The maximum Gasteiger partial charge on any atom is 0.231 e. The van der Waals surface area contributed by atoms with Gasteiger partial charge in [-0.05, 0) is 30.5 Å². The van der Waals surface area contributed by atoms with Gasteiger partial charge < -0.3 is 14.8 Å². The number of hydrogen-bond donors (Lipinski definition) is 1. The third-order valence-electron chi connectivity index (χ3n) is 3.10. The minimum absolute atomic E-state index is 0.119. The molecule has 4 nitrogen and oxygen atoms in total. The second-order valence-electron chi connectivity index (χ2n) is 4.76. The lowest BCUT2D eigenvalue weighted by molar-refractivity contribution is -0.121. The van der Waals surface area contributed by atoms with Crippen molar-refractivity contribution in [1.29, 1.82) is 0 Å². The third kappa shape index (κ3) is 4.30. The Hall–Kier alpha value is -1.97. The van der Waals surface area contributed by atoms with Gasteiger partial charge in [0.25, 0.3) is 0 Å². The monoisotopic (exact) mass is 275 g/mol. The molecule has 0 radical (unpaired) electrons. The van der Waals surface area contributed by atoms with Crippen molar-refractivity contribution < 1.29 is 14.3 Å². The van der Waals surface area contributed by atoms with Crippen LogP contribution in [0.25, 0.3) is 6.08 Å². The molecule has 1 N–H and O–H groups in total. The van der Waals surface area contributed by atoms with Crippen LogP contribution in [-0.4, -0.2) is 19.2 Å². The number of carbonyl (C=O) groups is 1. The molecule has 0 spiro atoms. The van der Waals surface area contributed by atoms with E-state index in [-0.39, 0.29) is 5.91 Å². The molecule has 4 heteroatoms. The van der Waals surface area contributed by atoms with Crippen molar-refractivity contribution in [3.63, 3.8) is 0 Å². The molecule has 1 aromatic carbocycles. The number of unbranched alkanes of at least 4 members (excludes halogenated alkanes) is 1.